The van der Waals surface area contributed by atoms with Crippen LogP contribution in [0.2, 0.25) is 0 Å². The number of pyridine rings is 1. The molecular formula is C17H19N3OS. The van der Waals surface area contributed by atoms with Gasteiger partial charge in [-0.25, -0.2) is 4.98 Å². The van der Waals surface area contributed by atoms with Crippen LogP contribution >= 0.6 is 11.3 Å². The van der Waals surface area contributed by atoms with Crippen molar-refractivity contribution in [2.45, 2.75) is 26.3 Å². The molecule has 4 nitrogen and oxygen atoms in total. The molecule has 3 rings (SSSR count). The second-order valence-corrected chi connectivity index (χ2v) is 6.60. The molecule has 0 saturated carbocycles. The maximum absolute atomic E-state index is 12.6. The van der Waals surface area contributed by atoms with Gasteiger partial charge in [0.15, 0.2) is 0 Å². The number of hydrogen-bond acceptors (Lipinski definition) is 3. The van der Waals surface area contributed by atoms with E-state index in [-0.39, 0.29) is 5.91 Å². The Morgan fingerprint density at radius 1 is 1.32 bits per heavy atom. The third-order valence-electron chi connectivity index (χ3n) is 3.59. The Hall–Kier alpha value is -2.14. The van der Waals surface area contributed by atoms with E-state index in [0.29, 0.717) is 18.2 Å². The summed E-state index contributed by atoms with van der Waals surface area (Å²) in [6, 6.07) is 9.72. The minimum atomic E-state index is 0.00490. The van der Waals surface area contributed by atoms with Gasteiger partial charge >= 0.3 is 0 Å². The van der Waals surface area contributed by atoms with Crippen LogP contribution in [-0.2, 0) is 6.54 Å². The van der Waals surface area contributed by atoms with Crippen molar-refractivity contribution in [3.05, 3.63) is 58.3 Å². The van der Waals surface area contributed by atoms with Crippen molar-refractivity contribution in [1.29, 1.82) is 0 Å². The van der Waals surface area contributed by atoms with E-state index in [4.69, 9.17) is 0 Å². The van der Waals surface area contributed by atoms with Crippen molar-refractivity contribution in [1.82, 2.24) is 14.3 Å². The zero-order valence-corrected chi connectivity index (χ0v) is 13.8. The van der Waals surface area contributed by atoms with E-state index in [9.17, 15) is 4.79 Å². The first-order valence-electron chi connectivity index (χ1n) is 7.32. The number of fused-ring (bicyclic) bond motifs is 1. The third-order valence-corrected chi connectivity index (χ3v) is 4.79. The van der Waals surface area contributed by atoms with Gasteiger partial charge in [-0.05, 0) is 24.3 Å². The molecule has 0 bridgehead atoms. The molecule has 0 saturated heterocycles. The van der Waals surface area contributed by atoms with Gasteiger partial charge in [-0.15, -0.1) is 11.3 Å². The van der Waals surface area contributed by atoms with Crippen LogP contribution in [0.4, 0.5) is 0 Å². The zero-order valence-electron chi connectivity index (χ0n) is 13.0. The second-order valence-electron chi connectivity index (χ2n) is 5.71. The lowest BCUT2D eigenvalue weighted by atomic mass is 10.2. The average molecular weight is 313 g/mol. The maximum Gasteiger partial charge on any atom is 0.270 e. The molecule has 0 spiro atoms. The predicted octanol–water partition coefficient (Wildman–Crippen LogP) is 3.79. The number of carbonyl (C=O) groups is 1. The number of aromatic nitrogens is 2. The fourth-order valence-electron chi connectivity index (χ4n) is 2.40. The van der Waals surface area contributed by atoms with Crippen LogP contribution in [0.5, 0.6) is 0 Å². The van der Waals surface area contributed by atoms with Crippen LogP contribution in [0.1, 0.15) is 41.0 Å². The highest BCUT2D eigenvalue weighted by Crippen LogP contribution is 2.20. The summed E-state index contributed by atoms with van der Waals surface area (Å²) in [5.41, 5.74) is 2.65. The molecule has 0 atom stereocenters. The standard InChI is InChI=1S/C17H19N3OS/c1-12(2)16-18-13(11-22-16)10-19(3)17(21)15-8-7-14-6-4-5-9-20(14)15/h4-9,11-12H,10H2,1-3H3. The highest BCUT2D eigenvalue weighted by molar-refractivity contribution is 7.09. The van der Waals surface area contributed by atoms with Crippen molar-refractivity contribution in [2.24, 2.45) is 0 Å². The molecule has 3 aromatic heterocycles. The molecule has 0 radical (unpaired) electrons. The molecule has 0 aliphatic carbocycles. The van der Waals surface area contributed by atoms with Crippen LogP contribution in [0, 0.1) is 0 Å². The predicted molar refractivity (Wildman–Crippen MR) is 89.4 cm³/mol. The molecule has 0 aromatic carbocycles. The lowest BCUT2D eigenvalue weighted by Gasteiger charge is -2.16. The molecule has 5 heteroatoms. The largest absolute Gasteiger partial charge is 0.334 e. The third kappa shape index (κ3) is 2.76. The van der Waals surface area contributed by atoms with Gasteiger partial charge < -0.3 is 9.30 Å². The summed E-state index contributed by atoms with van der Waals surface area (Å²) in [5.74, 6) is 0.430. The molecule has 22 heavy (non-hydrogen) atoms. The van der Waals surface area contributed by atoms with Crippen molar-refractivity contribution in [2.75, 3.05) is 7.05 Å². The first kappa shape index (κ1) is 14.8. The van der Waals surface area contributed by atoms with Crippen LogP contribution in [0.25, 0.3) is 5.52 Å². The highest BCUT2D eigenvalue weighted by atomic mass is 32.1. The van der Waals surface area contributed by atoms with E-state index in [1.54, 1.807) is 16.2 Å². The van der Waals surface area contributed by atoms with E-state index in [1.165, 1.54) is 0 Å². The van der Waals surface area contributed by atoms with Crippen LogP contribution in [-0.4, -0.2) is 27.2 Å². The number of nitrogens with zero attached hydrogens (tertiary/aromatic N) is 3. The van der Waals surface area contributed by atoms with Gasteiger partial charge in [0.05, 0.1) is 17.2 Å². The summed E-state index contributed by atoms with van der Waals surface area (Å²) in [7, 11) is 1.82. The summed E-state index contributed by atoms with van der Waals surface area (Å²) in [4.78, 5) is 19.0. The molecule has 0 fully saturated rings. The van der Waals surface area contributed by atoms with E-state index >= 15 is 0 Å². The molecular weight excluding hydrogens is 294 g/mol. The van der Waals surface area contributed by atoms with Crippen molar-refractivity contribution < 1.29 is 4.79 Å². The van der Waals surface area contributed by atoms with E-state index < -0.39 is 0 Å². The quantitative estimate of drug-likeness (QED) is 0.735. The monoisotopic (exact) mass is 313 g/mol. The molecule has 3 heterocycles. The Bertz CT molecular complexity index is 803. The maximum atomic E-state index is 12.6. The SMILES string of the molecule is CC(C)c1nc(CN(C)C(=O)c2ccc3ccccn23)cs1. The van der Waals surface area contributed by atoms with Crippen molar-refractivity contribution in [3.8, 4) is 0 Å². The Balaban J connectivity index is 1.79. The normalized spacial score (nSPS) is 11.3. The highest BCUT2D eigenvalue weighted by Gasteiger charge is 2.17. The Morgan fingerprint density at radius 3 is 2.86 bits per heavy atom. The molecule has 0 unspecified atom stereocenters. The van der Waals surface area contributed by atoms with Crippen LogP contribution in [0.15, 0.2) is 41.9 Å². The number of thiazole rings is 1. The van der Waals surface area contributed by atoms with E-state index in [1.807, 2.05) is 53.4 Å². The fraction of sp³-hybridized carbons (Fsp3) is 0.294. The molecule has 1 amide bonds. The molecule has 0 N–H and O–H groups in total. The lowest BCUT2D eigenvalue weighted by molar-refractivity contribution is 0.0777. The zero-order chi connectivity index (χ0) is 15.7. The summed E-state index contributed by atoms with van der Waals surface area (Å²) in [5, 5.41) is 3.15. The minimum Gasteiger partial charge on any atom is -0.334 e. The van der Waals surface area contributed by atoms with Gasteiger partial charge in [-0.1, -0.05) is 19.9 Å². The summed E-state index contributed by atoms with van der Waals surface area (Å²) in [6.45, 7) is 4.79. The molecule has 0 aliphatic heterocycles. The summed E-state index contributed by atoms with van der Waals surface area (Å²) in [6.07, 6.45) is 1.91. The van der Waals surface area contributed by atoms with E-state index in [0.717, 1.165) is 16.2 Å². The summed E-state index contributed by atoms with van der Waals surface area (Å²) >= 11 is 1.66. The number of rotatable bonds is 4. The van der Waals surface area contributed by atoms with Crippen LogP contribution in [0.3, 0.4) is 0 Å². The van der Waals surface area contributed by atoms with E-state index in [2.05, 4.69) is 18.8 Å². The Kier molecular flexibility index (Phi) is 3.98. The van der Waals surface area contributed by atoms with Gasteiger partial charge in [-0.3, -0.25) is 4.79 Å². The first-order chi connectivity index (χ1) is 10.6. The molecule has 114 valence electrons. The topological polar surface area (TPSA) is 37.6 Å². The van der Waals surface area contributed by atoms with Crippen LogP contribution < -0.4 is 0 Å². The van der Waals surface area contributed by atoms with Gasteiger partial charge in [-0.2, -0.15) is 0 Å². The number of carbonyl (C=O) groups excluding carboxylic acids is 1. The van der Waals surface area contributed by atoms with Crippen molar-refractivity contribution >= 4 is 22.8 Å². The Labute approximate surface area is 134 Å². The molecule has 0 aliphatic rings. The van der Waals surface area contributed by atoms with Crippen molar-refractivity contribution in [3.63, 3.8) is 0 Å². The smallest absolute Gasteiger partial charge is 0.270 e. The van der Waals surface area contributed by atoms with Gasteiger partial charge in [0.25, 0.3) is 5.91 Å². The van der Waals surface area contributed by atoms with Gasteiger partial charge in [0.1, 0.15) is 5.69 Å². The molecule has 3 aromatic rings. The number of amides is 1. The van der Waals surface area contributed by atoms with Gasteiger partial charge in [0, 0.05) is 30.1 Å². The minimum absolute atomic E-state index is 0.00490. The number of hydrogen-bond donors (Lipinski definition) is 0. The van der Waals surface area contributed by atoms with Gasteiger partial charge in [0.2, 0.25) is 0 Å². The average Bonchev–Trinajstić information content (AvgIpc) is 3.13. The first-order valence-corrected chi connectivity index (χ1v) is 8.20. The Morgan fingerprint density at radius 2 is 2.14 bits per heavy atom. The fourth-order valence-corrected chi connectivity index (χ4v) is 3.23. The second kappa shape index (κ2) is 5.93. The summed E-state index contributed by atoms with van der Waals surface area (Å²) < 4.78 is 1.92. The lowest BCUT2D eigenvalue weighted by Crippen LogP contribution is -2.27.